The van der Waals surface area contributed by atoms with Gasteiger partial charge in [-0.25, -0.2) is 0 Å². The van der Waals surface area contributed by atoms with Crippen LogP contribution in [-0.2, 0) is 19.4 Å². The number of rotatable bonds is 4. The zero-order valence-electron chi connectivity index (χ0n) is 15.0. The summed E-state index contributed by atoms with van der Waals surface area (Å²) < 4.78 is 2.17. The predicted molar refractivity (Wildman–Crippen MR) is 103 cm³/mol. The van der Waals surface area contributed by atoms with E-state index in [1.165, 1.54) is 11.8 Å². The number of hydrogen-bond acceptors (Lipinski definition) is 4. The van der Waals surface area contributed by atoms with E-state index in [0.717, 1.165) is 24.5 Å². The van der Waals surface area contributed by atoms with Crippen LogP contribution in [0.15, 0.2) is 48.8 Å². The number of halogens is 1. The summed E-state index contributed by atoms with van der Waals surface area (Å²) in [5.41, 5.74) is 1.75. The highest BCUT2D eigenvalue weighted by Gasteiger charge is 2.30. The number of carbonyl (C=O) groups excluding carboxylic acids is 1. The van der Waals surface area contributed by atoms with Gasteiger partial charge in [0.05, 0.1) is 23.2 Å². The highest BCUT2D eigenvalue weighted by Crippen LogP contribution is 2.25. The Balaban J connectivity index is 1.51. The zero-order valence-corrected chi connectivity index (χ0v) is 15.8. The van der Waals surface area contributed by atoms with Crippen LogP contribution in [0.4, 0.5) is 0 Å². The summed E-state index contributed by atoms with van der Waals surface area (Å²) >= 11 is 6.14. The van der Waals surface area contributed by atoms with Crippen molar-refractivity contribution >= 4 is 17.5 Å². The fourth-order valence-corrected chi connectivity index (χ4v) is 3.76. The first-order valence-corrected chi connectivity index (χ1v) is 9.36. The van der Waals surface area contributed by atoms with Crippen molar-refractivity contribution in [3.05, 3.63) is 76.6 Å². The second kappa shape index (κ2) is 7.48. The third-order valence-corrected chi connectivity index (χ3v) is 5.17. The Labute approximate surface area is 162 Å². The van der Waals surface area contributed by atoms with Crippen molar-refractivity contribution < 1.29 is 4.79 Å². The van der Waals surface area contributed by atoms with E-state index in [9.17, 15) is 4.79 Å². The summed E-state index contributed by atoms with van der Waals surface area (Å²) in [6, 6.07) is 12.1. The van der Waals surface area contributed by atoms with E-state index in [1.54, 1.807) is 17.2 Å². The van der Waals surface area contributed by atoms with E-state index in [2.05, 4.69) is 38.8 Å². The minimum atomic E-state index is -0.102. The molecule has 1 aliphatic rings. The maximum atomic E-state index is 12.8. The van der Waals surface area contributed by atoms with Crippen molar-refractivity contribution in [2.45, 2.75) is 32.4 Å². The maximum absolute atomic E-state index is 12.8. The number of aromatic nitrogens is 4. The fraction of sp³-hybridized carbons (Fsp3) is 0.300. The van der Waals surface area contributed by atoms with Crippen LogP contribution in [0, 0.1) is 0 Å². The van der Waals surface area contributed by atoms with Crippen LogP contribution in [0.25, 0.3) is 0 Å². The largest absolute Gasteiger partial charge is 0.329 e. The highest BCUT2D eigenvalue weighted by molar-refractivity contribution is 6.33. The van der Waals surface area contributed by atoms with Gasteiger partial charge in [-0.05, 0) is 25.0 Å². The number of hydrogen-bond donors (Lipinski definition) is 0. The molecule has 0 fully saturated rings. The molecule has 27 heavy (non-hydrogen) atoms. The Bertz CT molecular complexity index is 956. The molecule has 0 N–H and O–H groups in total. The molecule has 0 unspecified atom stereocenters. The van der Waals surface area contributed by atoms with Crippen molar-refractivity contribution in [1.82, 2.24) is 24.6 Å². The number of nitrogens with zero attached hydrogens (tertiary/aromatic N) is 5. The first-order valence-electron chi connectivity index (χ1n) is 8.99. The molecule has 7 heteroatoms. The summed E-state index contributed by atoms with van der Waals surface area (Å²) in [7, 11) is 0. The Morgan fingerprint density at radius 2 is 2.00 bits per heavy atom. The standard InChI is InChI=1S/C20H20ClN5O/c1-14-12-25(20(27)16-9-10-22-11-17(16)21)13-19-24-23-18(26(14)19)8-7-15-5-3-2-4-6-15/h2-6,9-11,14H,7-8,12-13H2,1H3/t14-/m0/s1. The predicted octanol–water partition coefficient (Wildman–Crippen LogP) is 3.33. The van der Waals surface area contributed by atoms with E-state index in [4.69, 9.17) is 11.6 Å². The third kappa shape index (κ3) is 3.57. The number of benzene rings is 1. The Morgan fingerprint density at radius 3 is 2.78 bits per heavy atom. The van der Waals surface area contributed by atoms with Gasteiger partial charge in [0.15, 0.2) is 5.82 Å². The van der Waals surface area contributed by atoms with E-state index in [1.807, 2.05) is 18.2 Å². The van der Waals surface area contributed by atoms with Gasteiger partial charge in [-0.2, -0.15) is 0 Å². The smallest absolute Gasteiger partial charge is 0.255 e. The lowest BCUT2D eigenvalue weighted by atomic mass is 10.1. The highest BCUT2D eigenvalue weighted by atomic mass is 35.5. The first-order chi connectivity index (χ1) is 13.1. The van der Waals surface area contributed by atoms with Crippen LogP contribution in [0.1, 0.15) is 40.5 Å². The van der Waals surface area contributed by atoms with Crippen molar-refractivity contribution in [2.75, 3.05) is 6.54 Å². The minimum absolute atomic E-state index is 0.102. The van der Waals surface area contributed by atoms with Crippen molar-refractivity contribution in [1.29, 1.82) is 0 Å². The van der Waals surface area contributed by atoms with E-state index in [0.29, 0.717) is 23.7 Å². The molecule has 1 atom stereocenters. The quantitative estimate of drug-likeness (QED) is 0.695. The average molecular weight is 382 g/mol. The molecular weight excluding hydrogens is 362 g/mol. The lowest BCUT2D eigenvalue weighted by Gasteiger charge is -2.32. The summed E-state index contributed by atoms with van der Waals surface area (Å²) in [4.78, 5) is 18.6. The molecule has 1 aliphatic heterocycles. The van der Waals surface area contributed by atoms with Gasteiger partial charge in [-0.1, -0.05) is 41.9 Å². The van der Waals surface area contributed by atoms with Gasteiger partial charge in [-0.15, -0.1) is 10.2 Å². The van der Waals surface area contributed by atoms with Gasteiger partial charge < -0.3 is 9.47 Å². The van der Waals surface area contributed by atoms with Crippen molar-refractivity contribution in [3.8, 4) is 0 Å². The molecule has 1 amide bonds. The zero-order chi connectivity index (χ0) is 18.8. The van der Waals surface area contributed by atoms with Crippen LogP contribution >= 0.6 is 11.6 Å². The van der Waals surface area contributed by atoms with Crippen LogP contribution in [-0.4, -0.2) is 37.1 Å². The summed E-state index contributed by atoms with van der Waals surface area (Å²) in [6.07, 6.45) is 4.81. The molecule has 1 aromatic carbocycles. The molecule has 2 aromatic heterocycles. The topological polar surface area (TPSA) is 63.9 Å². The molecule has 3 heterocycles. The number of aryl methyl sites for hydroxylation is 2. The Morgan fingerprint density at radius 1 is 1.19 bits per heavy atom. The van der Waals surface area contributed by atoms with Gasteiger partial charge in [0, 0.05) is 25.4 Å². The molecule has 0 aliphatic carbocycles. The molecule has 3 aromatic rings. The van der Waals surface area contributed by atoms with E-state index < -0.39 is 0 Å². The lowest BCUT2D eigenvalue weighted by Crippen LogP contribution is -2.41. The summed E-state index contributed by atoms with van der Waals surface area (Å²) in [6.45, 7) is 3.12. The normalized spacial score (nSPS) is 16.2. The number of fused-ring (bicyclic) bond motifs is 1. The van der Waals surface area contributed by atoms with Crippen LogP contribution in [0.3, 0.4) is 0 Å². The van der Waals surface area contributed by atoms with Gasteiger partial charge in [0.1, 0.15) is 5.82 Å². The Hall–Kier alpha value is -2.73. The molecule has 0 spiro atoms. The number of pyridine rings is 1. The SMILES string of the molecule is C[C@H]1CN(C(=O)c2ccncc2Cl)Cc2nnc(CCc3ccccc3)n21. The molecule has 0 saturated heterocycles. The molecular formula is C20H20ClN5O. The maximum Gasteiger partial charge on any atom is 0.255 e. The number of carbonyl (C=O) groups is 1. The number of amides is 1. The molecule has 0 radical (unpaired) electrons. The summed E-state index contributed by atoms with van der Waals surface area (Å²) in [5, 5.41) is 9.09. The second-order valence-corrected chi connectivity index (χ2v) is 7.19. The fourth-order valence-electron chi connectivity index (χ4n) is 3.56. The molecule has 6 nitrogen and oxygen atoms in total. The first kappa shape index (κ1) is 17.7. The minimum Gasteiger partial charge on any atom is -0.329 e. The van der Waals surface area contributed by atoms with Gasteiger partial charge in [0.2, 0.25) is 0 Å². The second-order valence-electron chi connectivity index (χ2n) is 6.78. The molecule has 0 saturated carbocycles. The van der Waals surface area contributed by atoms with Crippen molar-refractivity contribution in [3.63, 3.8) is 0 Å². The van der Waals surface area contributed by atoms with E-state index >= 15 is 0 Å². The van der Waals surface area contributed by atoms with Gasteiger partial charge in [-0.3, -0.25) is 9.78 Å². The monoisotopic (exact) mass is 381 g/mol. The Kier molecular flexibility index (Phi) is 4.90. The van der Waals surface area contributed by atoms with Crippen LogP contribution in [0.2, 0.25) is 5.02 Å². The molecule has 0 bridgehead atoms. The lowest BCUT2D eigenvalue weighted by molar-refractivity contribution is 0.0679. The third-order valence-electron chi connectivity index (χ3n) is 4.86. The molecule has 138 valence electrons. The van der Waals surface area contributed by atoms with Gasteiger partial charge in [0.25, 0.3) is 5.91 Å². The van der Waals surface area contributed by atoms with Crippen molar-refractivity contribution in [2.24, 2.45) is 0 Å². The molecule has 4 rings (SSSR count). The average Bonchev–Trinajstić information content (AvgIpc) is 3.10. The van der Waals surface area contributed by atoms with Crippen LogP contribution < -0.4 is 0 Å². The van der Waals surface area contributed by atoms with Gasteiger partial charge >= 0.3 is 0 Å². The van der Waals surface area contributed by atoms with Crippen LogP contribution in [0.5, 0.6) is 0 Å². The summed E-state index contributed by atoms with van der Waals surface area (Å²) in [5.74, 6) is 1.68. The van der Waals surface area contributed by atoms with E-state index in [-0.39, 0.29) is 11.9 Å².